The SMILES string of the molecule is CCn1cncc1CN1CCC(c2nnc(Cn3ccnc3)n2CC)CC1. The molecule has 0 spiro atoms. The predicted molar refractivity (Wildman–Crippen MR) is 102 cm³/mol. The second-order valence-electron chi connectivity index (χ2n) is 7.18. The smallest absolute Gasteiger partial charge is 0.153 e. The van der Waals surface area contributed by atoms with Gasteiger partial charge in [-0.15, -0.1) is 10.2 Å². The maximum Gasteiger partial charge on any atom is 0.153 e. The zero-order valence-corrected chi connectivity index (χ0v) is 16.2. The quantitative estimate of drug-likeness (QED) is 0.639. The number of aromatic nitrogens is 7. The summed E-state index contributed by atoms with van der Waals surface area (Å²) in [6.45, 7) is 10.1. The van der Waals surface area contributed by atoms with Gasteiger partial charge < -0.3 is 13.7 Å². The summed E-state index contributed by atoms with van der Waals surface area (Å²) >= 11 is 0. The minimum absolute atomic E-state index is 0.487. The van der Waals surface area contributed by atoms with Crippen molar-refractivity contribution in [2.75, 3.05) is 13.1 Å². The average Bonchev–Trinajstić information content (AvgIpc) is 3.44. The van der Waals surface area contributed by atoms with Crippen LogP contribution in [-0.4, -0.2) is 51.9 Å². The zero-order valence-electron chi connectivity index (χ0n) is 16.2. The van der Waals surface area contributed by atoms with Gasteiger partial charge in [0.25, 0.3) is 0 Å². The van der Waals surface area contributed by atoms with Crippen molar-refractivity contribution in [1.82, 2.24) is 38.8 Å². The summed E-state index contributed by atoms with van der Waals surface area (Å²) < 4.78 is 6.55. The summed E-state index contributed by atoms with van der Waals surface area (Å²) in [7, 11) is 0. The molecule has 4 rings (SSSR count). The van der Waals surface area contributed by atoms with Crippen molar-refractivity contribution in [2.45, 2.75) is 58.8 Å². The molecule has 0 amide bonds. The van der Waals surface area contributed by atoms with Gasteiger partial charge in [0.05, 0.1) is 24.9 Å². The number of rotatable bonds is 7. The molecule has 0 unspecified atom stereocenters. The number of hydrogen-bond acceptors (Lipinski definition) is 5. The number of piperidine rings is 1. The third-order valence-electron chi connectivity index (χ3n) is 5.53. The van der Waals surface area contributed by atoms with Crippen molar-refractivity contribution in [1.29, 1.82) is 0 Å². The Morgan fingerprint density at radius 1 is 1.00 bits per heavy atom. The van der Waals surface area contributed by atoms with E-state index in [1.165, 1.54) is 5.69 Å². The number of aryl methyl sites for hydroxylation is 1. The molecule has 0 bridgehead atoms. The van der Waals surface area contributed by atoms with E-state index in [0.717, 1.165) is 63.8 Å². The fourth-order valence-electron chi connectivity index (χ4n) is 4.00. The van der Waals surface area contributed by atoms with Crippen LogP contribution in [0.1, 0.15) is 49.9 Å². The Kier molecular flexibility index (Phi) is 5.33. The maximum atomic E-state index is 4.57. The van der Waals surface area contributed by atoms with Crippen LogP contribution in [0.25, 0.3) is 0 Å². The lowest BCUT2D eigenvalue weighted by Crippen LogP contribution is -2.34. The van der Waals surface area contributed by atoms with Gasteiger partial charge in [-0.1, -0.05) is 0 Å². The third kappa shape index (κ3) is 3.80. The Labute approximate surface area is 159 Å². The number of nitrogens with zero attached hydrogens (tertiary/aromatic N) is 8. The number of imidazole rings is 2. The highest BCUT2D eigenvalue weighted by atomic mass is 15.3. The van der Waals surface area contributed by atoms with Crippen LogP contribution in [0.15, 0.2) is 31.2 Å². The van der Waals surface area contributed by atoms with Crippen LogP contribution in [0.5, 0.6) is 0 Å². The van der Waals surface area contributed by atoms with Gasteiger partial charge in [-0.2, -0.15) is 0 Å². The summed E-state index contributed by atoms with van der Waals surface area (Å²) in [5.74, 6) is 2.65. The van der Waals surface area contributed by atoms with E-state index in [1.807, 2.05) is 29.6 Å². The van der Waals surface area contributed by atoms with E-state index in [4.69, 9.17) is 0 Å². The van der Waals surface area contributed by atoms with Gasteiger partial charge in [0.15, 0.2) is 5.82 Å². The molecule has 1 aliphatic heterocycles. The van der Waals surface area contributed by atoms with Crippen LogP contribution in [0, 0.1) is 0 Å². The van der Waals surface area contributed by atoms with Crippen LogP contribution >= 0.6 is 0 Å². The average molecular weight is 368 g/mol. The van der Waals surface area contributed by atoms with Gasteiger partial charge >= 0.3 is 0 Å². The lowest BCUT2D eigenvalue weighted by Gasteiger charge is -2.31. The van der Waals surface area contributed by atoms with Crippen LogP contribution in [0.3, 0.4) is 0 Å². The third-order valence-corrected chi connectivity index (χ3v) is 5.53. The van der Waals surface area contributed by atoms with E-state index in [1.54, 1.807) is 6.20 Å². The minimum Gasteiger partial charge on any atom is -0.334 e. The van der Waals surface area contributed by atoms with Crippen molar-refractivity contribution in [3.05, 3.63) is 48.6 Å². The molecule has 0 atom stereocenters. The molecule has 8 nitrogen and oxygen atoms in total. The van der Waals surface area contributed by atoms with Gasteiger partial charge in [-0.25, -0.2) is 9.97 Å². The molecule has 27 heavy (non-hydrogen) atoms. The predicted octanol–water partition coefficient (Wildman–Crippen LogP) is 2.14. The first-order valence-electron chi connectivity index (χ1n) is 9.87. The van der Waals surface area contributed by atoms with E-state index in [-0.39, 0.29) is 0 Å². The highest BCUT2D eigenvalue weighted by Crippen LogP contribution is 2.28. The van der Waals surface area contributed by atoms with Crippen molar-refractivity contribution in [3.8, 4) is 0 Å². The van der Waals surface area contributed by atoms with Crippen molar-refractivity contribution < 1.29 is 0 Å². The molecule has 1 saturated heterocycles. The lowest BCUT2D eigenvalue weighted by molar-refractivity contribution is 0.196. The molecule has 4 heterocycles. The molecule has 0 aliphatic carbocycles. The van der Waals surface area contributed by atoms with Gasteiger partial charge in [-0.3, -0.25) is 4.90 Å². The molecule has 1 aliphatic rings. The maximum absolute atomic E-state index is 4.57. The van der Waals surface area contributed by atoms with E-state index in [0.29, 0.717) is 5.92 Å². The molecule has 0 saturated carbocycles. The van der Waals surface area contributed by atoms with Crippen molar-refractivity contribution in [2.24, 2.45) is 0 Å². The fraction of sp³-hybridized carbons (Fsp3) is 0.579. The van der Waals surface area contributed by atoms with Crippen molar-refractivity contribution in [3.63, 3.8) is 0 Å². The van der Waals surface area contributed by atoms with E-state index in [2.05, 4.69) is 48.0 Å². The first-order valence-corrected chi connectivity index (χ1v) is 9.87. The monoisotopic (exact) mass is 368 g/mol. The summed E-state index contributed by atoms with van der Waals surface area (Å²) in [6, 6.07) is 0. The molecule has 3 aromatic rings. The summed E-state index contributed by atoms with van der Waals surface area (Å²) in [5.41, 5.74) is 1.30. The summed E-state index contributed by atoms with van der Waals surface area (Å²) in [6.07, 6.45) is 11.8. The Morgan fingerprint density at radius 3 is 2.56 bits per heavy atom. The molecule has 0 N–H and O–H groups in total. The highest BCUT2D eigenvalue weighted by molar-refractivity contribution is 5.06. The van der Waals surface area contributed by atoms with Crippen LogP contribution in [-0.2, 0) is 26.2 Å². The molecule has 144 valence electrons. The Morgan fingerprint density at radius 2 is 1.85 bits per heavy atom. The van der Waals surface area contributed by atoms with Gasteiger partial charge in [-0.05, 0) is 39.8 Å². The van der Waals surface area contributed by atoms with E-state index in [9.17, 15) is 0 Å². The van der Waals surface area contributed by atoms with Crippen LogP contribution in [0.2, 0.25) is 0 Å². The topological polar surface area (TPSA) is 69.6 Å². The molecule has 3 aromatic heterocycles. The van der Waals surface area contributed by atoms with Crippen LogP contribution in [0.4, 0.5) is 0 Å². The highest BCUT2D eigenvalue weighted by Gasteiger charge is 2.26. The second kappa shape index (κ2) is 8.04. The molecule has 8 heteroatoms. The Hall–Kier alpha value is -2.48. The number of likely N-dealkylation sites (tertiary alicyclic amines) is 1. The van der Waals surface area contributed by atoms with E-state index < -0.39 is 0 Å². The van der Waals surface area contributed by atoms with Gasteiger partial charge in [0.2, 0.25) is 0 Å². The van der Waals surface area contributed by atoms with Gasteiger partial charge in [0.1, 0.15) is 5.82 Å². The zero-order chi connectivity index (χ0) is 18.6. The van der Waals surface area contributed by atoms with Gasteiger partial charge in [0, 0.05) is 44.1 Å². The Balaban J connectivity index is 1.40. The molecule has 1 fully saturated rings. The standard InChI is InChI=1S/C19H28N8/c1-3-26-15-21-11-17(26)12-24-8-5-16(6-9-24)19-23-22-18(27(19)4-2)13-25-10-7-20-14-25/h7,10-11,14-16H,3-6,8-9,12-13H2,1-2H3. The summed E-state index contributed by atoms with van der Waals surface area (Å²) in [5, 5.41) is 9.04. The molecule has 0 aromatic carbocycles. The second-order valence-corrected chi connectivity index (χ2v) is 7.18. The number of hydrogen-bond donors (Lipinski definition) is 0. The first kappa shape index (κ1) is 17.9. The minimum atomic E-state index is 0.487. The molecular weight excluding hydrogens is 340 g/mol. The first-order chi connectivity index (χ1) is 13.3. The summed E-state index contributed by atoms with van der Waals surface area (Å²) in [4.78, 5) is 10.9. The van der Waals surface area contributed by atoms with Crippen LogP contribution < -0.4 is 0 Å². The molecular formula is C19H28N8. The fourth-order valence-corrected chi connectivity index (χ4v) is 4.00. The Bertz CT molecular complexity index is 839. The van der Waals surface area contributed by atoms with E-state index >= 15 is 0 Å². The van der Waals surface area contributed by atoms with Crippen molar-refractivity contribution >= 4 is 0 Å². The largest absolute Gasteiger partial charge is 0.334 e. The lowest BCUT2D eigenvalue weighted by atomic mass is 9.95. The molecule has 0 radical (unpaired) electrons. The normalized spacial score (nSPS) is 16.2.